The van der Waals surface area contributed by atoms with Crippen LogP contribution in [0.5, 0.6) is 0 Å². The summed E-state index contributed by atoms with van der Waals surface area (Å²) in [5.74, 6) is -2.36. The number of hydrogen-bond donors (Lipinski definition) is 1. The molecule has 0 spiro atoms. The van der Waals surface area contributed by atoms with E-state index in [1.807, 2.05) is 0 Å². The van der Waals surface area contributed by atoms with Crippen LogP contribution in [0.3, 0.4) is 0 Å². The average Bonchev–Trinajstić information content (AvgIpc) is 2.76. The van der Waals surface area contributed by atoms with Gasteiger partial charge in [0, 0.05) is 12.6 Å². The molecule has 116 valence electrons. The summed E-state index contributed by atoms with van der Waals surface area (Å²) in [7, 11) is -6.97. The van der Waals surface area contributed by atoms with Gasteiger partial charge >= 0.3 is 5.97 Å². The Morgan fingerprint density at radius 2 is 1.95 bits per heavy atom. The van der Waals surface area contributed by atoms with Crippen molar-refractivity contribution in [1.82, 2.24) is 4.31 Å². The zero-order valence-electron chi connectivity index (χ0n) is 11.2. The highest BCUT2D eigenvalue weighted by Gasteiger charge is 2.47. The summed E-state index contributed by atoms with van der Waals surface area (Å²) >= 11 is 0. The van der Waals surface area contributed by atoms with Crippen molar-refractivity contribution in [3.05, 3.63) is 0 Å². The average molecular weight is 325 g/mol. The molecule has 2 fully saturated rings. The van der Waals surface area contributed by atoms with Gasteiger partial charge in [-0.3, -0.25) is 4.79 Å². The molecule has 1 N–H and O–H groups in total. The lowest BCUT2D eigenvalue weighted by Gasteiger charge is -2.34. The SMILES string of the molecule is CC1CS(=O)(=O)CCN1S(=O)(=O)C1CCCC1C(=O)O. The van der Waals surface area contributed by atoms with E-state index in [4.69, 9.17) is 5.11 Å². The molecular weight excluding hydrogens is 306 g/mol. The van der Waals surface area contributed by atoms with Gasteiger partial charge in [0.25, 0.3) is 0 Å². The molecule has 1 saturated carbocycles. The number of carboxylic acid groups (broad SMARTS) is 1. The van der Waals surface area contributed by atoms with E-state index in [-0.39, 0.29) is 18.1 Å². The number of rotatable bonds is 3. The maximum absolute atomic E-state index is 12.6. The molecule has 0 amide bonds. The van der Waals surface area contributed by atoms with Gasteiger partial charge in [-0.25, -0.2) is 16.8 Å². The molecule has 20 heavy (non-hydrogen) atoms. The van der Waals surface area contributed by atoms with Gasteiger partial charge in [-0.2, -0.15) is 4.31 Å². The standard InChI is InChI=1S/C11H19NO6S2/c1-8-7-19(15,16)6-5-12(8)20(17,18)10-4-2-3-9(10)11(13)14/h8-10H,2-7H2,1H3,(H,13,14). The maximum Gasteiger partial charge on any atom is 0.307 e. The van der Waals surface area contributed by atoms with Crippen molar-refractivity contribution in [3.63, 3.8) is 0 Å². The molecule has 2 rings (SSSR count). The molecule has 1 aliphatic heterocycles. The molecule has 0 aromatic heterocycles. The van der Waals surface area contributed by atoms with Crippen LogP contribution in [0.2, 0.25) is 0 Å². The number of nitrogens with zero attached hydrogens (tertiary/aromatic N) is 1. The van der Waals surface area contributed by atoms with Crippen molar-refractivity contribution in [2.75, 3.05) is 18.1 Å². The van der Waals surface area contributed by atoms with E-state index < -0.39 is 43.0 Å². The van der Waals surface area contributed by atoms with Crippen LogP contribution in [-0.4, -0.2) is 61.6 Å². The Morgan fingerprint density at radius 3 is 2.50 bits per heavy atom. The topological polar surface area (TPSA) is 109 Å². The third-order valence-corrected chi connectivity index (χ3v) is 8.41. The van der Waals surface area contributed by atoms with E-state index in [0.717, 1.165) is 0 Å². The molecule has 1 aliphatic carbocycles. The molecule has 7 nitrogen and oxygen atoms in total. The van der Waals surface area contributed by atoms with Gasteiger partial charge in [-0.15, -0.1) is 0 Å². The molecular formula is C11H19NO6S2. The molecule has 0 bridgehead atoms. The normalized spacial score (nSPS) is 35.0. The lowest BCUT2D eigenvalue weighted by molar-refractivity contribution is -0.141. The first-order valence-corrected chi connectivity index (χ1v) is 9.91. The van der Waals surface area contributed by atoms with Crippen LogP contribution >= 0.6 is 0 Å². The van der Waals surface area contributed by atoms with Crippen LogP contribution < -0.4 is 0 Å². The summed E-state index contributed by atoms with van der Waals surface area (Å²) in [6.07, 6.45) is 1.26. The van der Waals surface area contributed by atoms with Crippen LogP contribution in [0, 0.1) is 5.92 Å². The van der Waals surface area contributed by atoms with E-state index in [1.165, 1.54) is 4.31 Å². The molecule has 1 saturated heterocycles. The number of sulfone groups is 1. The van der Waals surface area contributed by atoms with Gasteiger partial charge in [0.2, 0.25) is 10.0 Å². The first-order chi connectivity index (χ1) is 9.15. The minimum absolute atomic E-state index is 0.0747. The van der Waals surface area contributed by atoms with Crippen LogP contribution in [-0.2, 0) is 24.7 Å². The first kappa shape index (κ1) is 15.7. The Balaban J connectivity index is 2.25. The summed E-state index contributed by atoms with van der Waals surface area (Å²) in [5, 5.41) is 8.19. The summed E-state index contributed by atoms with van der Waals surface area (Å²) < 4.78 is 49.4. The van der Waals surface area contributed by atoms with Gasteiger partial charge in [-0.05, 0) is 19.8 Å². The van der Waals surface area contributed by atoms with E-state index >= 15 is 0 Å². The molecule has 0 aromatic carbocycles. The number of aliphatic carboxylic acids is 1. The van der Waals surface area contributed by atoms with Gasteiger partial charge < -0.3 is 5.11 Å². The Bertz CT molecular complexity index is 596. The van der Waals surface area contributed by atoms with Gasteiger partial charge in [-0.1, -0.05) is 6.42 Å². The van der Waals surface area contributed by atoms with Crippen LogP contribution in [0.4, 0.5) is 0 Å². The minimum Gasteiger partial charge on any atom is -0.481 e. The maximum atomic E-state index is 12.6. The van der Waals surface area contributed by atoms with E-state index in [2.05, 4.69) is 0 Å². The number of carboxylic acids is 1. The van der Waals surface area contributed by atoms with Gasteiger partial charge in [0.05, 0.1) is 22.7 Å². The van der Waals surface area contributed by atoms with Crippen molar-refractivity contribution in [1.29, 1.82) is 0 Å². The van der Waals surface area contributed by atoms with Gasteiger partial charge in [0.15, 0.2) is 9.84 Å². The van der Waals surface area contributed by atoms with Gasteiger partial charge in [0.1, 0.15) is 0 Å². The van der Waals surface area contributed by atoms with Crippen molar-refractivity contribution in [2.45, 2.75) is 37.5 Å². The molecule has 0 aromatic rings. The molecule has 9 heteroatoms. The highest BCUT2D eigenvalue weighted by molar-refractivity contribution is 7.92. The monoisotopic (exact) mass is 325 g/mol. The lowest BCUT2D eigenvalue weighted by Crippen LogP contribution is -2.53. The molecule has 0 radical (unpaired) electrons. The zero-order chi connectivity index (χ0) is 15.1. The highest BCUT2D eigenvalue weighted by atomic mass is 32.2. The third-order valence-electron chi connectivity index (χ3n) is 4.09. The van der Waals surface area contributed by atoms with Crippen molar-refractivity contribution >= 4 is 25.8 Å². The quantitative estimate of drug-likeness (QED) is 0.762. The van der Waals surface area contributed by atoms with E-state index in [0.29, 0.717) is 19.3 Å². The summed E-state index contributed by atoms with van der Waals surface area (Å²) in [5.41, 5.74) is 0. The largest absolute Gasteiger partial charge is 0.481 e. The Labute approximate surface area is 118 Å². The number of hydrogen-bond acceptors (Lipinski definition) is 5. The fraction of sp³-hybridized carbons (Fsp3) is 0.909. The van der Waals surface area contributed by atoms with E-state index in [9.17, 15) is 21.6 Å². The van der Waals surface area contributed by atoms with Crippen LogP contribution in [0.15, 0.2) is 0 Å². The Morgan fingerprint density at radius 1 is 1.30 bits per heavy atom. The van der Waals surface area contributed by atoms with Crippen LogP contribution in [0.1, 0.15) is 26.2 Å². The number of carbonyl (C=O) groups is 1. The second-order valence-electron chi connectivity index (χ2n) is 5.53. The fourth-order valence-electron chi connectivity index (χ4n) is 3.10. The molecule has 2 aliphatic rings. The summed E-state index contributed by atoms with van der Waals surface area (Å²) in [6, 6.07) is -0.631. The van der Waals surface area contributed by atoms with Crippen molar-refractivity contribution in [3.8, 4) is 0 Å². The second kappa shape index (κ2) is 5.27. The van der Waals surface area contributed by atoms with E-state index in [1.54, 1.807) is 6.92 Å². The fourth-order valence-corrected chi connectivity index (χ4v) is 7.27. The molecule has 3 unspecified atom stereocenters. The molecule has 3 atom stereocenters. The predicted octanol–water partition coefficient (Wildman–Crippen LogP) is -0.312. The summed E-state index contributed by atoms with van der Waals surface area (Å²) in [4.78, 5) is 11.1. The minimum atomic E-state index is -3.77. The summed E-state index contributed by atoms with van der Waals surface area (Å²) in [6.45, 7) is 1.48. The Kier molecular flexibility index (Phi) is 4.14. The second-order valence-corrected chi connectivity index (χ2v) is 9.87. The van der Waals surface area contributed by atoms with Crippen molar-refractivity contribution < 1.29 is 26.7 Å². The third kappa shape index (κ3) is 2.84. The lowest BCUT2D eigenvalue weighted by atomic mass is 10.1. The Hall–Kier alpha value is -0.670. The smallest absolute Gasteiger partial charge is 0.307 e. The number of sulfonamides is 1. The first-order valence-electron chi connectivity index (χ1n) is 6.59. The van der Waals surface area contributed by atoms with Crippen LogP contribution in [0.25, 0.3) is 0 Å². The highest BCUT2D eigenvalue weighted by Crippen LogP contribution is 2.34. The predicted molar refractivity (Wildman–Crippen MR) is 72.5 cm³/mol. The van der Waals surface area contributed by atoms with Crippen molar-refractivity contribution in [2.24, 2.45) is 5.92 Å². The molecule has 1 heterocycles. The zero-order valence-corrected chi connectivity index (χ0v) is 12.9.